The Labute approximate surface area is 111 Å². The van der Waals surface area contributed by atoms with Gasteiger partial charge < -0.3 is 14.2 Å². The zero-order valence-electron chi connectivity index (χ0n) is 12.0. The van der Waals surface area contributed by atoms with E-state index in [9.17, 15) is 0 Å². The minimum absolute atomic E-state index is 0.199. The van der Waals surface area contributed by atoms with E-state index in [1.165, 1.54) is 0 Å². The van der Waals surface area contributed by atoms with Crippen molar-refractivity contribution >= 4 is 0 Å². The van der Waals surface area contributed by atoms with Crippen LogP contribution in [0.5, 0.6) is 0 Å². The molecule has 18 heavy (non-hydrogen) atoms. The number of hydrogen-bond donors (Lipinski definition) is 0. The van der Waals surface area contributed by atoms with Gasteiger partial charge in [0.05, 0.1) is 24.7 Å². The summed E-state index contributed by atoms with van der Waals surface area (Å²) in [6, 6.07) is 2.31. The molecule has 0 amide bonds. The molecule has 106 valence electrons. The smallest absolute Gasteiger partial charge is 0.0700 e. The molecule has 0 N–H and O–H groups in total. The SMILES string of the molecule is COCCOCCCOCCCCC(C)(C)C#N. The highest BCUT2D eigenvalue weighted by Gasteiger charge is 2.15. The number of hydrogen-bond acceptors (Lipinski definition) is 4. The molecule has 4 nitrogen and oxygen atoms in total. The molecule has 0 aliphatic heterocycles. The molecule has 0 saturated heterocycles. The number of nitriles is 1. The van der Waals surface area contributed by atoms with Crippen molar-refractivity contribution in [3.63, 3.8) is 0 Å². The van der Waals surface area contributed by atoms with Crippen LogP contribution in [0.25, 0.3) is 0 Å². The predicted octanol–water partition coefficient (Wildman–Crippen LogP) is 2.78. The molecule has 0 rings (SSSR count). The van der Waals surface area contributed by atoms with Crippen molar-refractivity contribution in [1.82, 2.24) is 0 Å². The van der Waals surface area contributed by atoms with Crippen LogP contribution in [0.4, 0.5) is 0 Å². The third kappa shape index (κ3) is 11.8. The van der Waals surface area contributed by atoms with Gasteiger partial charge in [0.1, 0.15) is 0 Å². The summed E-state index contributed by atoms with van der Waals surface area (Å²) in [5, 5.41) is 8.85. The minimum atomic E-state index is -0.199. The maximum Gasteiger partial charge on any atom is 0.0700 e. The lowest BCUT2D eigenvalue weighted by Gasteiger charge is -2.14. The lowest BCUT2D eigenvalue weighted by molar-refractivity contribution is 0.0506. The van der Waals surface area contributed by atoms with Gasteiger partial charge in [-0.1, -0.05) is 0 Å². The monoisotopic (exact) mass is 257 g/mol. The molecule has 0 aromatic carbocycles. The van der Waals surface area contributed by atoms with Crippen molar-refractivity contribution in [2.24, 2.45) is 5.41 Å². The van der Waals surface area contributed by atoms with Gasteiger partial charge >= 0.3 is 0 Å². The van der Waals surface area contributed by atoms with Crippen LogP contribution < -0.4 is 0 Å². The van der Waals surface area contributed by atoms with Crippen LogP contribution in [0.2, 0.25) is 0 Å². The summed E-state index contributed by atoms with van der Waals surface area (Å²) in [4.78, 5) is 0. The van der Waals surface area contributed by atoms with E-state index in [0.717, 1.165) is 45.5 Å². The number of ether oxygens (including phenoxy) is 3. The zero-order chi connectivity index (χ0) is 13.7. The van der Waals surface area contributed by atoms with Crippen molar-refractivity contribution in [3.05, 3.63) is 0 Å². The molecule has 0 atom stereocenters. The van der Waals surface area contributed by atoms with Crippen molar-refractivity contribution < 1.29 is 14.2 Å². The van der Waals surface area contributed by atoms with E-state index in [0.29, 0.717) is 13.2 Å². The highest BCUT2D eigenvalue weighted by Crippen LogP contribution is 2.21. The molecule has 0 unspecified atom stereocenters. The number of unbranched alkanes of at least 4 members (excludes halogenated alkanes) is 1. The van der Waals surface area contributed by atoms with E-state index in [-0.39, 0.29) is 5.41 Å². The fraction of sp³-hybridized carbons (Fsp3) is 0.929. The lowest BCUT2D eigenvalue weighted by atomic mass is 9.89. The summed E-state index contributed by atoms with van der Waals surface area (Å²) in [6.45, 7) is 7.50. The maximum absolute atomic E-state index is 8.85. The first-order chi connectivity index (χ1) is 8.62. The third-order valence-electron chi connectivity index (χ3n) is 2.65. The molecule has 0 aromatic rings. The van der Waals surface area contributed by atoms with Gasteiger partial charge in [-0.2, -0.15) is 5.26 Å². The Morgan fingerprint density at radius 3 is 2.11 bits per heavy atom. The Morgan fingerprint density at radius 2 is 1.50 bits per heavy atom. The van der Waals surface area contributed by atoms with Gasteiger partial charge in [0, 0.05) is 26.9 Å². The Hall–Kier alpha value is -0.630. The van der Waals surface area contributed by atoms with Crippen LogP contribution in [-0.2, 0) is 14.2 Å². The summed E-state index contributed by atoms with van der Waals surface area (Å²) in [7, 11) is 1.67. The highest BCUT2D eigenvalue weighted by atomic mass is 16.5. The van der Waals surface area contributed by atoms with Gasteiger partial charge in [-0.25, -0.2) is 0 Å². The largest absolute Gasteiger partial charge is 0.382 e. The summed E-state index contributed by atoms with van der Waals surface area (Å²) < 4.78 is 15.7. The van der Waals surface area contributed by atoms with Crippen molar-refractivity contribution in [3.8, 4) is 6.07 Å². The Balaban J connectivity index is 3.11. The van der Waals surface area contributed by atoms with Crippen LogP contribution in [0, 0.1) is 16.7 Å². The molecular formula is C14H27NO3. The van der Waals surface area contributed by atoms with Gasteiger partial charge in [0.2, 0.25) is 0 Å². The van der Waals surface area contributed by atoms with Gasteiger partial charge in [0.15, 0.2) is 0 Å². The Kier molecular flexibility index (Phi) is 11.1. The van der Waals surface area contributed by atoms with E-state index < -0.39 is 0 Å². The van der Waals surface area contributed by atoms with E-state index in [4.69, 9.17) is 19.5 Å². The van der Waals surface area contributed by atoms with Crippen LogP contribution in [0.3, 0.4) is 0 Å². The van der Waals surface area contributed by atoms with E-state index in [2.05, 4.69) is 6.07 Å². The van der Waals surface area contributed by atoms with Gasteiger partial charge in [-0.05, 0) is 39.5 Å². The standard InChI is InChI=1S/C14H27NO3/c1-14(2,13-15)7-4-5-8-17-9-6-10-18-12-11-16-3/h4-12H2,1-3H3. The Morgan fingerprint density at radius 1 is 0.889 bits per heavy atom. The summed E-state index contributed by atoms with van der Waals surface area (Å²) in [6.07, 6.45) is 3.93. The van der Waals surface area contributed by atoms with Gasteiger partial charge in [-0.3, -0.25) is 0 Å². The topological polar surface area (TPSA) is 51.5 Å². The molecule has 0 aromatic heterocycles. The molecule has 0 fully saturated rings. The van der Waals surface area contributed by atoms with Gasteiger partial charge in [0.25, 0.3) is 0 Å². The first kappa shape index (κ1) is 17.4. The molecule has 0 bridgehead atoms. The molecular weight excluding hydrogens is 230 g/mol. The van der Waals surface area contributed by atoms with Crippen molar-refractivity contribution in [2.45, 2.75) is 39.5 Å². The quantitative estimate of drug-likeness (QED) is 0.504. The van der Waals surface area contributed by atoms with Crippen molar-refractivity contribution in [2.75, 3.05) is 40.1 Å². The average molecular weight is 257 g/mol. The number of methoxy groups -OCH3 is 1. The average Bonchev–Trinajstić information content (AvgIpc) is 2.36. The fourth-order valence-electron chi connectivity index (χ4n) is 1.44. The zero-order valence-corrected chi connectivity index (χ0v) is 12.0. The molecule has 0 aliphatic rings. The molecule has 0 heterocycles. The second kappa shape index (κ2) is 11.5. The Bertz CT molecular complexity index is 224. The normalized spacial score (nSPS) is 11.4. The predicted molar refractivity (Wildman–Crippen MR) is 71.4 cm³/mol. The van der Waals surface area contributed by atoms with Crippen LogP contribution in [0.1, 0.15) is 39.5 Å². The molecule has 0 aliphatic carbocycles. The van der Waals surface area contributed by atoms with E-state index in [1.807, 2.05) is 13.8 Å². The van der Waals surface area contributed by atoms with Gasteiger partial charge in [-0.15, -0.1) is 0 Å². The first-order valence-corrected chi connectivity index (χ1v) is 6.68. The van der Waals surface area contributed by atoms with E-state index in [1.54, 1.807) is 7.11 Å². The highest BCUT2D eigenvalue weighted by molar-refractivity contribution is 4.91. The maximum atomic E-state index is 8.85. The van der Waals surface area contributed by atoms with E-state index >= 15 is 0 Å². The summed E-state index contributed by atoms with van der Waals surface area (Å²) >= 11 is 0. The van der Waals surface area contributed by atoms with Crippen LogP contribution in [0.15, 0.2) is 0 Å². The third-order valence-corrected chi connectivity index (χ3v) is 2.65. The first-order valence-electron chi connectivity index (χ1n) is 6.68. The van der Waals surface area contributed by atoms with Crippen molar-refractivity contribution in [1.29, 1.82) is 5.26 Å². The molecule has 0 saturated carbocycles. The summed E-state index contributed by atoms with van der Waals surface area (Å²) in [5.74, 6) is 0. The molecule has 0 radical (unpaired) electrons. The molecule has 4 heteroatoms. The fourth-order valence-corrected chi connectivity index (χ4v) is 1.44. The number of nitrogens with zero attached hydrogens (tertiary/aromatic N) is 1. The summed E-state index contributed by atoms with van der Waals surface area (Å²) in [5.41, 5.74) is -0.199. The number of rotatable bonds is 12. The second-order valence-electron chi connectivity index (χ2n) is 5.02. The molecule has 0 spiro atoms. The minimum Gasteiger partial charge on any atom is -0.382 e. The van der Waals surface area contributed by atoms with Crippen LogP contribution in [-0.4, -0.2) is 40.1 Å². The van der Waals surface area contributed by atoms with Crippen LogP contribution >= 0.6 is 0 Å². The second-order valence-corrected chi connectivity index (χ2v) is 5.02. The lowest BCUT2D eigenvalue weighted by Crippen LogP contribution is -2.08.